The number of aromatic nitrogens is 2. The number of hydrogen-bond acceptors (Lipinski definition) is 2. The first-order chi connectivity index (χ1) is 8.56. The third-order valence-electron chi connectivity index (χ3n) is 3.05. The normalized spacial score (nSPS) is 12.7. The van der Waals surface area contributed by atoms with Crippen molar-refractivity contribution in [3.63, 3.8) is 0 Å². The summed E-state index contributed by atoms with van der Waals surface area (Å²) >= 11 is 3.46. The number of nitrogens with zero attached hydrogens (tertiary/aromatic N) is 2. The monoisotopic (exact) mass is 308 g/mol. The van der Waals surface area contributed by atoms with Gasteiger partial charge in [-0.15, -0.1) is 0 Å². The van der Waals surface area contributed by atoms with Gasteiger partial charge in [0.2, 0.25) is 0 Å². The molecule has 0 radical (unpaired) electrons. The third kappa shape index (κ3) is 3.21. The van der Waals surface area contributed by atoms with Gasteiger partial charge >= 0.3 is 0 Å². The Morgan fingerprint density at radius 2 is 2.17 bits per heavy atom. The maximum absolute atomic E-state index is 10.2. The fourth-order valence-electron chi connectivity index (χ4n) is 2.05. The molecular formula is C14H17BrN2O. The van der Waals surface area contributed by atoms with E-state index in [9.17, 15) is 5.11 Å². The highest BCUT2D eigenvalue weighted by atomic mass is 79.9. The van der Waals surface area contributed by atoms with Crippen LogP contribution < -0.4 is 0 Å². The third-order valence-corrected chi connectivity index (χ3v) is 3.50. The molecule has 18 heavy (non-hydrogen) atoms. The number of halogens is 1. The van der Waals surface area contributed by atoms with E-state index in [2.05, 4.69) is 21.0 Å². The minimum absolute atomic E-state index is 0.434. The summed E-state index contributed by atoms with van der Waals surface area (Å²) in [7, 11) is 1.92. The first-order valence-corrected chi connectivity index (χ1v) is 6.77. The van der Waals surface area contributed by atoms with Gasteiger partial charge in [-0.3, -0.25) is 4.68 Å². The van der Waals surface area contributed by atoms with Crippen LogP contribution >= 0.6 is 15.9 Å². The number of aryl methyl sites for hydroxylation is 3. The van der Waals surface area contributed by atoms with Gasteiger partial charge in [0, 0.05) is 23.4 Å². The number of benzene rings is 1. The van der Waals surface area contributed by atoms with Crippen LogP contribution in [0.3, 0.4) is 0 Å². The quantitative estimate of drug-likeness (QED) is 0.942. The van der Waals surface area contributed by atoms with Crippen LogP contribution in [-0.4, -0.2) is 14.9 Å². The summed E-state index contributed by atoms with van der Waals surface area (Å²) < 4.78 is 2.86. The van der Waals surface area contributed by atoms with E-state index < -0.39 is 6.10 Å². The second-order valence-corrected chi connectivity index (χ2v) is 5.48. The number of hydrogen-bond donors (Lipinski definition) is 1. The number of aliphatic hydroxyl groups excluding tert-OH is 1. The van der Waals surface area contributed by atoms with Crippen LogP contribution in [0, 0.1) is 6.92 Å². The summed E-state index contributed by atoms with van der Waals surface area (Å²) in [6.07, 6.45) is 2.87. The zero-order chi connectivity index (χ0) is 13.1. The van der Waals surface area contributed by atoms with Crippen LogP contribution in [0.2, 0.25) is 0 Å². The lowest BCUT2D eigenvalue weighted by Crippen LogP contribution is -2.03. The summed E-state index contributed by atoms with van der Waals surface area (Å²) in [5.74, 6) is 0. The lowest BCUT2D eigenvalue weighted by molar-refractivity contribution is 0.167. The summed E-state index contributed by atoms with van der Waals surface area (Å²) in [5, 5.41) is 14.3. The molecule has 2 aromatic rings. The summed E-state index contributed by atoms with van der Waals surface area (Å²) in [6, 6.07) is 8.02. The topological polar surface area (TPSA) is 38.1 Å². The van der Waals surface area contributed by atoms with Crippen molar-refractivity contribution in [1.82, 2.24) is 9.78 Å². The maximum Gasteiger partial charge on any atom is 0.0794 e. The Bertz CT molecular complexity index is 516. The van der Waals surface area contributed by atoms with E-state index in [-0.39, 0.29) is 0 Å². The molecule has 0 saturated heterocycles. The smallest absolute Gasteiger partial charge is 0.0794 e. The molecular weight excluding hydrogens is 292 g/mol. The molecule has 0 amide bonds. The average Bonchev–Trinajstić information content (AvgIpc) is 2.70. The van der Waals surface area contributed by atoms with E-state index in [1.165, 1.54) is 0 Å². The number of aliphatic hydroxyl groups is 1. The number of rotatable bonds is 4. The molecule has 1 unspecified atom stereocenters. The molecule has 0 saturated carbocycles. The molecule has 0 aliphatic heterocycles. The molecule has 1 atom stereocenters. The molecule has 4 heteroatoms. The highest BCUT2D eigenvalue weighted by Gasteiger charge is 2.10. The fraction of sp³-hybridized carbons (Fsp3) is 0.357. The van der Waals surface area contributed by atoms with Crippen molar-refractivity contribution in [2.24, 2.45) is 7.05 Å². The lowest BCUT2D eigenvalue weighted by atomic mass is 10.0. The SMILES string of the molecule is Cc1cc(Br)cc(C(O)CCc2ccnn2C)c1. The molecule has 0 fully saturated rings. The van der Waals surface area contributed by atoms with Crippen LogP contribution in [0.1, 0.15) is 29.3 Å². The Kier molecular flexibility index (Phi) is 4.19. The van der Waals surface area contributed by atoms with E-state index in [0.717, 1.165) is 27.7 Å². The van der Waals surface area contributed by atoms with Crippen LogP contribution in [-0.2, 0) is 13.5 Å². The Morgan fingerprint density at radius 1 is 1.39 bits per heavy atom. The molecule has 1 heterocycles. The molecule has 0 aliphatic carbocycles. The first kappa shape index (κ1) is 13.3. The average molecular weight is 309 g/mol. The van der Waals surface area contributed by atoms with Gasteiger partial charge in [-0.25, -0.2) is 0 Å². The highest BCUT2D eigenvalue weighted by Crippen LogP contribution is 2.23. The van der Waals surface area contributed by atoms with Gasteiger partial charge in [0.25, 0.3) is 0 Å². The minimum Gasteiger partial charge on any atom is -0.388 e. The van der Waals surface area contributed by atoms with Gasteiger partial charge in [0.05, 0.1) is 6.10 Å². The van der Waals surface area contributed by atoms with E-state index in [0.29, 0.717) is 6.42 Å². The van der Waals surface area contributed by atoms with Gasteiger partial charge in [-0.05, 0) is 49.1 Å². The first-order valence-electron chi connectivity index (χ1n) is 5.98. The van der Waals surface area contributed by atoms with E-state index >= 15 is 0 Å². The predicted octanol–water partition coefficient (Wildman–Crippen LogP) is 3.16. The second kappa shape index (κ2) is 5.67. The van der Waals surface area contributed by atoms with Crippen molar-refractivity contribution in [1.29, 1.82) is 0 Å². The molecule has 1 aromatic heterocycles. The summed E-state index contributed by atoms with van der Waals surface area (Å²) in [5.41, 5.74) is 3.25. The van der Waals surface area contributed by atoms with Gasteiger partial charge in [-0.2, -0.15) is 5.10 Å². The van der Waals surface area contributed by atoms with Gasteiger partial charge < -0.3 is 5.11 Å². The van der Waals surface area contributed by atoms with E-state index in [1.54, 1.807) is 6.20 Å². The van der Waals surface area contributed by atoms with Crippen molar-refractivity contribution in [3.8, 4) is 0 Å². The van der Waals surface area contributed by atoms with Crippen molar-refractivity contribution in [2.75, 3.05) is 0 Å². The molecule has 0 spiro atoms. The van der Waals surface area contributed by atoms with Crippen molar-refractivity contribution >= 4 is 15.9 Å². The van der Waals surface area contributed by atoms with Crippen molar-refractivity contribution in [3.05, 3.63) is 51.8 Å². The molecule has 2 rings (SSSR count). The molecule has 1 N–H and O–H groups in total. The van der Waals surface area contributed by atoms with Gasteiger partial charge in [0.15, 0.2) is 0 Å². The fourth-order valence-corrected chi connectivity index (χ4v) is 2.68. The molecule has 0 bridgehead atoms. The van der Waals surface area contributed by atoms with Crippen LogP contribution in [0.4, 0.5) is 0 Å². The molecule has 3 nitrogen and oxygen atoms in total. The highest BCUT2D eigenvalue weighted by molar-refractivity contribution is 9.10. The maximum atomic E-state index is 10.2. The van der Waals surface area contributed by atoms with E-state index in [4.69, 9.17) is 0 Å². The Balaban J connectivity index is 2.03. The predicted molar refractivity (Wildman–Crippen MR) is 75.4 cm³/mol. The molecule has 96 valence electrons. The largest absolute Gasteiger partial charge is 0.388 e. The molecule has 1 aromatic carbocycles. The van der Waals surface area contributed by atoms with Crippen molar-refractivity contribution < 1.29 is 5.11 Å². The van der Waals surface area contributed by atoms with Gasteiger partial charge in [0.1, 0.15) is 0 Å². The van der Waals surface area contributed by atoms with Crippen LogP contribution in [0.5, 0.6) is 0 Å². The summed E-state index contributed by atoms with van der Waals surface area (Å²) in [6.45, 7) is 2.03. The van der Waals surface area contributed by atoms with E-state index in [1.807, 2.05) is 42.9 Å². The second-order valence-electron chi connectivity index (χ2n) is 4.56. The Morgan fingerprint density at radius 3 is 2.78 bits per heavy atom. The standard InChI is InChI=1S/C14H17BrN2O/c1-10-7-11(9-12(15)8-10)14(18)4-3-13-5-6-16-17(13)2/h5-9,14,18H,3-4H2,1-2H3. The Hall–Kier alpha value is -1.13. The van der Waals surface area contributed by atoms with Crippen LogP contribution in [0.15, 0.2) is 34.9 Å². The van der Waals surface area contributed by atoms with Crippen molar-refractivity contribution in [2.45, 2.75) is 25.9 Å². The zero-order valence-electron chi connectivity index (χ0n) is 10.6. The zero-order valence-corrected chi connectivity index (χ0v) is 12.2. The Labute approximate surface area is 116 Å². The lowest BCUT2D eigenvalue weighted by Gasteiger charge is -2.12. The minimum atomic E-state index is -0.434. The molecule has 0 aliphatic rings. The summed E-state index contributed by atoms with van der Waals surface area (Å²) in [4.78, 5) is 0. The van der Waals surface area contributed by atoms with Crippen LogP contribution in [0.25, 0.3) is 0 Å². The van der Waals surface area contributed by atoms with Gasteiger partial charge in [-0.1, -0.05) is 22.0 Å².